The molecule has 3 fully saturated rings. The molecular weight excluding hydrogens is 608 g/mol. The van der Waals surface area contributed by atoms with Crippen molar-refractivity contribution in [2.24, 2.45) is 29.1 Å². The number of fused-ring (bicyclic) bond motifs is 4. The van der Waals surface area contributed by atoms with Gasteiger partial charge in [0.25, 0.3) is 0 Å². The van der Waals surface area contributed by atoms with Gasteiger partial charge < -0.3 is 5.11 Å². The van der Waals surface area contributed by atoms with Crippen LogP contribution in [0.3, 0.4) is 0 Å². The lowest BCUT2D eigenvalue weighted by molar-refractivity contribution is -0.131. The number of allylic oxidation sites excluding steroid dienone is 2. The predicted molar refractivity (Wildman–Crippen MR) is 166 cm³/mol. The second-order valence-electron chi connectivity index (χ2n) is 12.0. The molecule has 7 nitrogen and oxygen atoms in total. The third-order valence-corrected chi connectivity index (χ3v) is 10.5. The highest BCUT2D eigenvalue weighted by atomic mass is 79.9. The number of carbonyl (C=O) groups excluding carboxylic acids is 4. The molecule has 2 saturated heterocycles. The summed E-state index contributed by atoms with van der Waals surface area (Å²) in [7, 11) is 0. The van der Waals surface area contributed by atoms with Gasteiger partial charge in [0.05, 0.1) is 34.5 Å². The van der Waals surface area contributed by atoms with Crippen molar-refractivity contribution >= 4 is 57.0 Å². The Hall–Kier alpha value is -4.30. The van der Waals surface area contributed by atoms with Crippen LogP contribution in [0, 0.1) is 29.1 Å². The maximum Gasteiger partial charge on any atom is 0.241 e. The average molecular weight is 638 g/mol. The lowest BCUT2D eigenvalue weighted by Crippen LogP contribution is -2.48. The zero-order valence-electron chi connectivity index (χ0n) is 23.4. The van der Waals surface area contributed by atoms with Crippen LogP contribution in [0.25, 0.3) is 6.08 Å². The zero-order valence-corrected chi connectivity index (χ0v) is 25.0. The molecule has 0 bridgehead atoms. The van der Waals surface area contributed by atoms with Crippen LogP contribution in [0.1, 0.15) is 36.8 Å². The first kappa shape index (κ1) is 27.5. The molecule has 8 heteroatoms. The van der Waals surface area contributed by atoms with Crippen molar-refractivity contribution in [2.45, 2.75) is 25.7 Å². The van der Waals surface area contributed by atoms with Crippen LogP contribution < -0.4 is 9.80 Å². The Morgan fingerprint density at radius 3 is 2.28 bits per heavy atom. The first-order chi connectivity index (χ1) is 20.7. The van der Waals surface area contributed by atoms with E-state index in [1.807, 2.05) is 31.2 Å². The van der Waals surface area contributed by atoms with Gasteiger partial charge in [-0.25, -0.2) is 4.90 Å². The van der Waals surface area contributed by atoms with Crippen molar-refractivity contribution in [3.05, 3.63) is 107 Å². The van der Waals surface area contributed by atoms with E-state index in [-0.39, 0.29) is 35.8 Å². The van der Waals surface area contributed by atoms with Gasteiger partial charge in [0.1, 0.15) is 5.75 Å². The third kappa shape index (κ3) is 3.85. The van der Waals surface area contributed by atoms with Gasteiger partial charge >= 0.3 is 0 Å². The molecule has 3 aromatic rings. The Kier molecular flexibility index (Phi) is 6.32. The van der Waals surface area contributed by atoms with Gasteiger partial charge in [0, 0.05) is 16.0 Å². The summed E-state index contributed by atoms with van der Waals surface area (Å²) in [6.45, 7) is 5.58. The van der Waals surface area contributed by atoms with Gasteiger partial charge in [0.15, 0.2) is 0 Å². The van der Waals surface area contributed by atoms with Crippen molar-refractivity contribution in [2.75, 3.05) is 9.80 Å². The highest BCUT2D eigenvalue weighted by Gasteiger charge is 2.68. The van der Waals surface area contributed by atoms with Crippen LogP contribution in [0.5, 0.6) is 5.75 Å². The van der Waals surface area contributed by atoms with Crippen LogP contribution in [-0.4, -0.2) is 28.7 Å². The largest absolute Gasteiger partial charge is 0.508 e. The van der Waals surface area contributed by atoms with Crippen molar-refractivity contribution < 1.29 is 24.3 Å². The summed E-state index contributed by atoms with van der Waals surface area (Å²) in [6, 6.07) is 21.1. The number of phenols is 1. The number of amides is 4. The number of aromatic hydroxyl groups is 1. The molecule has 4 amide bonds. The van der Waals surface area contributed by atoms with E-state index in [0.29, 0.717) is 23.4 Å². The fourth-order valence-electron chi connectivity index (χ4n) is 7.95. The summed E-state index contributed by atoms with van der Waals surface area (Å²) in [4.78, 5) is 59.1. The average Bonchev–Trinajstić information content (AvgIpc) is 3.38. The minimum Gasteiger partial charge on any atom is -0.508 e. The summed E-state index contributed by atoms with van der Waals surface area (Å²) in [5, 5.41) is 11.2. The number of hydrogen-bond acceptors (Lipinski definition) is 5. The van der Waals surface area contributed by atoms with Crippen LogP contribution >= 0.6 is 15.9 Å². The molecule has 1 saturated carbocycles. The number of nitrogens with zero attached hydrogens (tertiary/aromatic N) is 2. The highest BCUT2D eigenvalue weighted by molar-refractivity contribution is 9.10. The van der Waals surface area contributed by atoms with Crippen molar-refractivity contribution in [1.82, 2.24) is 0 Å². The van der Waals surface area contributed by atoms with Gasteiger partial charge in [-0.2, -0.15) is 0 Å². The van der Waals surface area contributed by atoms with Gasteiger partial charge in [-0.1, -0.05) is 70.6 Å². The second-order valence-corrected chi connectivity index (χ2v) is 12.9. The van der Waals surface area contributed by atoms with E-state index in [1.165, 1.54) is 9.80 Å². The number of phenolic OH excluding ortho intramolecular Hbond substituents is 1. The number of carbonyl (C=O) groups is 4. The molecule has 2 aliphatic heterocycles. The lowest BCUT2D eigenvalue weighted by Gasteiger charge is -2.49. The topological polar surface area (TPSA) is 95.0 Å². The normalized spacial score (nSPS) is 29.7. The molecule has 0 aromatic heterocycles. The molecule has 4 aliphatic rings. The predicted octanol–water partition coefficient (Wildman–Crippen LogP) is 6.23. The zero-order chi connectivity index (χ0) is 30.2. The van der Waals surface area contributed by atoms with Gasteiger partial charge in [-0.05, 0) is 73.7 Å². The fourth-order valence-corrected chi connectivity index (χ4v) is 8.33. The van der Waals surface area contributed by atoms with Crippen molar-refractivity contribution in [1.29, 1.82) is 0 Å². The molecule has 0 spiro atoms. The molecule has 43 heavy (non-hydrogen) atoms. The number of para-hydroxylation sites is 1. The van der Waals surface area contributed by atoms with E-state index in [4.69, 9.17) is 0 Å². The van der Waals surface area contributed by atoms with Gasteiger partial charge in [0.2, 0.25) is 23.6 Å². The molecular formula is C35H29BrN2O5. The van der Waals surface area contributed by atoms with E-state index in [2.05, 4.69) is 22.5 Å². The second kappa shape index (κ2) is 9.88. The van der Waals surface area contributed by atoms with Crippen LogP contribution in [0.2, 0.25) is 0 Å². The highest BCUT2D eigenvalue weighted by Crippen LogP contribution is 2.64. The summed E-state index contributed by atoms with van der Waals surface area (Å²) >= 11 is 3.52. The quantitative estimate of drug-likeness (QED) is 0.270. The molecule has 216 valence electrons. The van der Waals surface area contributed by atoms with Gasteiger partial charge in [-0.3, -0.25) is 24.1 Å². The van der Waals surface area contributed by atoms with Crippen LogP contribution in [0.4, 0.5) is 11.4 Å². The molecule has 7 rings (SSSR count). The monoisotopic (exact) mass is 636 g/mol. The summed E-state index contributed by atoms with van der Waals surface area (Å²) in [5.41, 5.74) is 1.99. The summed E-state index contributed by atoms with van der Waals surface area (Å²) in [6.07, 6.45) is 4.27. The number of halogens is 1. The smallest absolute Gasteiger partial charge is 0.241 e. The molecule has 6 atom stereocenters. The number of hydrogen-bond donors (Lipinski definition) is 1. The van der Waals surface area contributed by atoms with E-state index in [9.17, 15) is 24.3 Å². The van der Waals surface area contributed by atoms with E-state index in [0.717, 1.165) is 15.6 Å². The first-order valence-electron chi connectivity index (χ1n) is 14.4. The lowest BCUT2D eigenvalue weighted by atomic mass is 9.51. The third-order valence-electron chi connectivity index (χ3n) is 9.98. The first-order valence-corrected chi connectivity index (χ1v) is 15.2. The Labute approximate surface area is 257 Å². The van der Waals surface area contributed by atoms with Gasteiger partial charge in [-0.15, -0.1) is 0 Å². The standard InChI is InChI=1S/C35H29BrN2O5/c1-3-19-9-12-22(13-10-19)37-31(40)24-15-14-23-25(29(24)33(37)42)18-27-32(41)38(21-7-5-4-6-8-21)34(43)35(27,2)30(23)26-17-20(36)11-16-28(26)39/h3-14,16-17,24-25,27,29-30,39H,1,15,18H2,2H3. The maximum atomic E-state index is 14.4. The Morgan fingerprint density at radius 2 is 1.58 bits per heavy atom. The fraction of sp³-hybridized carbons (Fsp3) is 0.257. The number of benzene rings is 3. The number of anilines is 2. The Bertz CT molecular complexity index is 1750. The summed E-state index contributed by atoms with van der Waals surface area (Å²) < 4.78 is 0.717. The minimum atomic E-state index is -1.22. The van der Waals surface area contributed by atoms with Crippen molar-refractivity contribution in [3.63, 3.8) is 0 Å². The molecule has 0 radical (unpaired) electrons. The maximum absolute atomic E-state index is 14.4. The van der Waals surface area contributed by atoms with Crippen molar-refractivity contribution in [3.8, 4) is 5.75 Å². The van der Waals surface area contributed by atoms with Crippen LogP contribution in [-0.2, 0) is 19.2 Å². The SMILES string of the molecule is C=Cc1ccc(N2C(=O)C3CC=C4C(CC5C(=O)N(c6ccccc6)C(=O)C5(C)C4c4cc(Br)ccc4O)C3C2=O)cc1. The molecule has 2 aliphatic carbocycles. The Morgan fingerprint density at radius 1 is 0.884 bits per heavy atom. The minimum absolute atomic E-state index is 0.00742. The number of imide groups is 2. The molecule has 1 N–H and O–H groups in total. The van der Waals surface area contributed by atoms with Crippen LogP contribution in [0.15, 0.2) is 95.5 Å². The summed E-state index contributed by atoms with van der Waals surface area (Å²) in [5.74, 6) is -4.35. The van der Waals surface area contributed by atoms with E-state index < -0.39 is 35.0 Å². The molecule has 3 aromatic carbocycles. The Balaban J connectivity index is 1.37. The molecule has 6 unspecified atom stereocenters. The molecule has 2 heterocycles. The van der Waals surface area contributed by atoms with E-state index in [1.54, 1.807) is 60.7 Å². The number of rotatable bonds is 4. The van der Waals surface area contributed by atoms with E-state index >= 15 is 0 Å².